The number of nitrogens with zero attached hydrogens (tertiary/aromatic N) is 4. The number of carbonyl (C=O) groups excluding carboxylic acids is 1. The summed E-state index contributed by atoms with van der Waals surface area (Å²) in [5.41, 5.74) is 11.2. The van der Waals surface area contributed by atoms with Crippen LogP contribution in [0.2, 0.25) is 0 Å². The first kappa shape index (κ1) is 25.9. The van der Waals surface area contributed by atoms with E-state index in [2.05, 4.69) is 36.4 Å². The number of anilines is 1. The fourth-order valence-electron chi connectivity index (χ4n) is 5.24. The SMILES string of the molecule is Cc1cc2c(C(N)=O)cccc2n1-c1nc(NCc2ccccc2)c2c(n1)[C@@H](OCCCN(C)C)CCC2. The monoisotopic (exact) mass is 512 g/mol. The molecule has 1 amide bonds. The van der Waals surface area contributed by atoms with Crippen molar-refractivity contribution >= 4 is 22.6 Å². The molecule has 38 heavy (non-hydrogen) atoms. The topological polar surface area (TPSA) is 98.3 Å². The van der Waals surface area contributed by atoms with Gasteiger partial charge in [0.15, 0.2) is 0 Å². The molecule has 0 unspecified atom stereocenters. The molecule has 8 heteroatoms. The zero-order valence-corrected chi connectivity index (χ0v) is 22.4. The number of carbonyl (C=O) groups is 1. The van der Waals surface area contributed by atoms with Crippen molar-refractivity contribution in [1.29, 1.82) is 0 Å². The van der Waals surface area contributed by atoms with Crippen molar-refractivity contribution < 1.29 is 9.53 Å². The highest BCUT2D eigenvalue weighted by Gasteiger charge is 2.28. The van der Waals surface area contributed by atoms with E-state index in [-0.39, 0.29) is 6.10 Å². The predicted octanol–water partition coefficient (Wildman–Crippen LogP) is 4.79. The van der Waals surface area contributed by atoms with Crippen molar-refractivity contribution in [3.8, 4) is 5.95 Å². The maximum absolute atomic E-state index is 12.1. The molecule has 4 aromatic rings. The van der Waals surface area contributed by atoms with Crippen LogP contribution >= 0.6 is 0 Å². The van der Waals surface area contributed by atoms with Crippen LogP contribution in [0.4, 0.5) is 5.82 Å². The van der Waals surface area contributed by atoms with Gasteiger partial charge in [0, 0.05) is 35.4 Å². The Bertz CT molecular complexity index is 1430. The van der Waals surface area contributed by atoms with Crippen molar-refractivity contribution in [3.63, 3.8) is 0 Å². The van der Waals surface area contributed by atoms with Crippen LogP contribution in [0.3, 0.4) is 0 Å². The second kappa shape index (κ2) is 11.3. The van der Waals surface area contributed by atoms with Crippen LogP contribution < -0.4 is 11.1 Å². The molecule has 0 spiro atoms. The number of ether oxygens (including phenoxy) is 1. The van der Waals surface area contributed by atoms with Crippen molar-refractivity contribution in [3.05, 3.63) is 82.7 Å². The number of primary amides is 1. The Kier molecular flexibility index (Phi) is 7.72. The highest BCUT2D eigenvalue weighted by Crippen LogP contribution is 2.36. The van der Waals surface area contributed by atoms with Gasteiger partial charge in [-0.25, -0.2) is 4.98 Å². The van der Waals surface area contributed by atoms with Gasteiger partial charge in [0.25, 0.3) is 0 Å². The molecule has 198 valence electrons. The molecule has 0 fully saturated rings. The van der Waals surface area contributed by atoms with E-state index in [9.17, 15) is 4.79 Å². The maximum Gasteiger partial charge on any atom is 0.249 e. The molecule has 1 atom stereocenters. The lowest BCUT2D eigenvalue weighted by atomic mass is 9.93. The van der Waals surface area contributed by atoms with E-state index in [1.165, 1.54) is 5.56 Å². The molecule has 0 saturated heterocycles. The number of amides is 1. The van der Waals surface area contributed by atoms with Gasteiger partial charge in [-0.05, 0) is 77.0 Å². The Labute approximate surface area is 223 Å². The summed E-state index contributed by atoms with van der Waals surface area (Å²) >= 11 is 0. The van der Waals surface area contributed by atoms with Crippen molar-refractivity contribution in [2.75, 3.05) is 32.6 Å². The molecule has 8 nitrogen and oxygen atoms in total. The quantitative estimate of drug-likeness (QED) is 0.297. The third-order valence-corrected chi connectivity index (χ3v) is 7.09. The van der Waals surface area contributed by atoms with Crippen LogP contribution in [0, 0.1) is 6.92 Å². The minimum absolute atomic E-state index is 0.0803. The van der Waals surface area contributed by atoms with E-state index >= 15 is 0 Å². The summed E-state index contributed by atoms with van der Waals surface area (Å²) in [7, 11) is 4.15. The number of nitrogens with one attached hydrogen (secondary N) is 1. The first-order valence-electron chi connectivity index (χ1n) is 13.3. The molecule has 2 heterocycles. The lowest BCUT2D eigenvalue weighted by molar-refractivity contribution is 0.0336. The van der Waals surface area contributed by atoms with Gasteiger partial charge in [-0.1, -0.05) is 36.4 Å². The van der Waals surface area contributed by atoms with Gasteiger partial charge in [-0.3, -0.25) is 9.36 Å². The van der Waals surface area contributed by atoms with Gasteiger partial charge in [-0.2, -0.15) is 4.98 Å². The van der Waals surface area contributed by atoms with E-state index < -0.39 is 5.91 Å². The molecular formula is C30H36N6O2. The minimum atomic E-state index is -0.449. The summed E-state index contributed by atoms with van der Waals surface area (Å²) in [5, 5.41) is 4.39. The average molecular weight is 513 g/mol. The number of aryl methyl sites for hydroxylation is 1. The first-order valence-corrected chi connectivity index (χ1v) is 13.3. The number of fused-ring (bicyclic) bond motifs is 2. The van der Waals surface area contributed by atoms with Crippen LogP contribution in [0.15, 0.2) is 54.6 Å². The highest BCUT2D eigenvalue weighted by molar-refractivity contribution is 6.06. The molecule has 2 aromatic carbocycles. The van der Waals surface area contributed by atoms with Crippen LogP contribution in [0.25, 0.3) is 16.9 Å². The number of hydrogen-bond donors (Lipinski definition) is 2. The fraction of sp³-hybridized carbons (Fsp3) is 0.367. The highest BCUT2D eigenvalue weighted by atomic mass is 16.5. The van der Waals surface area contributed by atoms with E-state index in [0.717, 1.165) is 65.9 Å². The Morgan fingerprint density at radius 2 is 1.97 bits per heavy atom. The van der Waals surface area contributed by atoms with Gasteiger partial charge in [0.1, 0.15) is 5.82 Å². The third-order valence-electron chi connectivity index (χ3n) is 7.09. The molecule has 0 bridgehead atoms. The average Bonchev–Trinajstić information content (AvgIpc) is 3.25. The minimum Gasteiger partial charge on any atom is -0.372 e. The Morgan fingerprint density at radius 1 is 1.16 bits per heavy atom. The summed E-state index contributed by atoms with van der Waals surface area (Å²) in [5.74, 6) is 0.954. The molecule has 1 aliphatic carbocycles. The lowest BCUT2D eigenvalue weighted by Gasteiger charge is -2.27. The molecule has 0 saturated carbocycles. The molecule has 0 radical (unpaired) electrons. The van der Waals surface area contributed by atoms with Gasteiger partial charge in [0.2, 0.25) is 11.9 Å². The molecule has 2 aromatic heterocycles. The standard InChI is InChI=1S/C30H36N6O2/c1-20-18-24-22(28(31)37)12-7-14-25(24)36(20)30-33-27-23(13-8-15-26(27)38-17-9-16-35(2)3)29(34-30)32-19-21-10-5-4-6-11-21/h4-7,10-12,14,18,26H,8-9,13,15-17,19H2,1-3H3,(H2,31,37)(H,32,33,34)/t26-/m0/s1. The van der Waals surface area contributed by atoms with E-state index in [0.29, 0.717) is 24.7 Å². The predicted molar refractivity (Wildman–Crippen MR) is 151 cm³/mol. The normalized spacial score (nSPS) is 15.1. The number of rotatable bonds is 10. The maximum atomic E-state index is 12.1. The largest absolute Gasteiger partial charge is 0.372 e. The zero-order valence-electron chi connectivity index (χ0n) is 22.4. The summed E-state index contributed by atoms with van der Waals surface area (Å²) in [6, 6.07) is 17.9. The molecule has 3 N–H and O–H groups in total. The van der Waals surface area contributed by atoms with Gasteiger partial charge in [0.05, 0.1) is 17.3 Å². The summed E-state index contributed by atoms with van der Waals surface area (Å²) < 4.78 is 8.41. The Hall–Kier alpha value is -3.75. The van der Waals surface area contributed by atoms with Gasteiger partial charge in [-0.15, -0.1) is 0 Å². The van der Waals surface area contributed by atoms with Crippen LogP contribution in [-0.4, -0.2) is 52.6 Å². The smallest absolute Gasteiger partial charge is 0.249 e. The molecule has 5 rings (SSSR count). The number of aromatic nitrogens is 3. The van der Waals surface area contributed by atoms with Crippen molar-refractivity contribution in [1.82, 2.24) is 19.4 Å². The molecular weight excluding hydrogens is 476 g/mol. The summed E-state index contributed by atoms with van der Waals surface area (Å²) in [4.78, 5) is 24.4. The second-order valence-electron chi connectivity index (χ2n) is 10.2. The first-order chi connectivity index (χ1) is 18.4. The van der Waals surface area contributed by atoms with E-state index in [1.807, 2.05) is 47.9 Å². The van der Waals surface area contributed by atoms with E-state index in [4.69, 9.17) is 20.4 Å². The zero-order chi connectivity index (χ0) is 26.6. The third kappa shape index (κ3) is 5.42. The Morgan fingerprint density at radius 3 is 2.74 bits per heavy atom. The fourth-order valence-corrected chi connectivity index (χ4v) is 5.24. The van der Waals surface area contributed by atoms with Crippen LogP contribution in [0.1, 0.15) is 58.2 Å². The number of benzene rings is 2. The second-order valence-corrected chi connectivity index (χ2v) is 10.2. The van der Waals surface area contributed by atoms with Crippen molar-refractivity contribution in [2.45, 2.75) is 45.3 Å². The lowest BCUT2D eigenvalue weighted by Crippen LogP contribution is -2.22. The summed E-state index contributed by atoms with van der Waals surface area (Å²) in [6.07, 6.45) is 3.75. The Balaban J connectivity index is 1.57. The van der Waals surface area contributed by atoms with Crippen LogP contribution in [-0.2, 0) is 17.7 Å². The van der Waals surface area contributed by atoms with Crippen LogP contribution in [0.5, 0.6) is 0 Å². The molecule has 0 aliphatic heterocycles. The van der Waals surface area contributed by atoms with Gasteiger partial charge >= 0.3 is 0 Å². The van der Waals surface area contributed by atoms with Gasteiger partial charge < -0.3 is 20.7 Å². The summed E-state index contributed by atoms with van der Waals surface area (Å²) in [6.45, 7) is 4.33. The number of nitrogens with two attached hydrogens (primary N) is 1. The number of hydrogen-bond acceptors (Lipinski definition) is 6. The van der Waals surface area contributed by atoms with E-state index in [1.54, 1.807) is 6.07 Å². The van der Waals surface area contributed by atoms with Crippen molar-refractivity contribution in [2.24, 2.45) is 5.73 Å². The molecule has 1 aliphatic rings.